The zero-order chi connectivity index (χ0) is 12.0. The van der Waals surface area contributed by atoms with Crippen LogP contribution in [-0.2, 0) is 4.79 Å². The second kappa shape index (κ2) is 5.55. The van der Waals surface area contributed by atoms with Crippen LogP contribution in [0.5, 0.6) is 0 Å². The maximum Gasteiger partial charge on any atom is 0.364 e. The third-order valence-electron chi connectivity index (χ3n) is 1.68. The number of carbonyl (C=O) groups is 2. The minimum atomic E-state index is -0.679. The Balaban J connectivity index is 2.62. The van der Waals surface area contributed by atoms with E-state index in [1.165, 1.54) is 6.92 Å². The summed E-state index contributed by atoms with van der Waals surface area (Å²) in [6.07, 6.45) is 1.70. The van der Waals surface area contributed by atoms with Crippen molar-refractivity contribution in [2.45, 2.75) is 6.92 Å². The van der Waals surface area contributed by atoms with Crippen LogP contribution in [0, 0.1) is 0 Å². The summed E-state index contributed by atoms with van der Waals surface area (Å²) in [4.78, 5) is 21.6. The molecular formula is C11H11N3O2. The molecule has 0 aliphatic heterocycles. The third-order valence-corrected chi connectivity index (χ3v) is 1.68. The molecule has 5 nitrogen and oxygen atoms in total. The van der Waals surface area contributed by atoms with Crippen molar-refractivity contribution in [3.63, 3.8) is 0 Å². The topological polar surface area (TPSA) is 70.9 Å². The first kappa shape index (κ1) is 11.8. The molecule has 16 heavy (non-hydrogen) atoms. The van der Waals surface area contributed by atoms with Crippen molar-refractivity contribution in [2.75, 3.05) is 5.32 Å². The highest BCUT2D eigenvalue weighted by Gasteiger charge is 1.99. The molecule has 1 aromatic rings. The van der Waals surface area contributed by atoms with Crippen LogP contribution in [0.4, 0.5) is 10.5 Å². The van der Waals surface area contributed by atoms with Gasteiger partial charge in [0.05, 0.1) is 0 Å². The van der Waals surface area contributed by atoms with E-state index in [9.17, 15) is 9.59 Å². The minimum Gasteiger partial charge on any atom is -0.305 e. The standard InChI is InChI=1S/C11H11N3O2/c1-3-9-4-6-10(7-5-9)12-11(16)14-13-8(2)15/h3-7H,1H2,2H3,(H,12,16). The highest BCUT2D eigenvalue weighted by Crippen LogP contribution is 2.10. The van der Waals surface area contributed by atoms with Crippen molar-refractivity contribution in [3.05, 3.63) is 36.4 Å². The quantitative estimate of drug-likeness (QED) is 0.773. The van der Waals surface area contributed by atoms with Gasteiger partial charge in [-0.25, -0.2) is 4.79 Å². The van der Waals surface area contributed by atoms with E-state index in [1.807, 2.05) is 0 Å². The Morgan fingerprint density at radius 2 is 1.88 bits per heavy atom. The maximum atomic E-state index is 11.1. The summed E-state index contributed by atoms with van der Waals surface area (Å²) in [5.41, 5.74) is 1.53. The first-order chi connectivity index (χ1) is 7.61. The highest BCUT2D eigenvalue weighted by atomic mass is 16.2. The van der Waals surface area contributed by atoms with Crippen LogP contribution in [0.2, 0.25) is 0 Å². The largest absolute Gasteiger partial charge is 0.364 e. The number of hydrogen-bond acceptors (Lipinski definition) is 2. The van der Waals surface area contributed by atoms with Gasteiger partial charge < -0.3 is 5.32 Å². The fraction of sp³-hybridized carbons (Fsp3) is 0.0909. The molecule has 0 spiro atoms. The molecule has 3 amide bonds. The molecular weight excluding hydrogens is 206 g/mol. The van der Waals surface area contributed by atoms with Gasteiger partial charge in [0.1, 0.15) is 0 Å². The van der Waals surface area contributed by atoms with E-state index < -0.39 is 11.9 Å². The number of hydrogen-bond donors (Lipinski definition) is 1. The average molecular weight is 217 g/mol. The highest BCUT2D eigenvalue weighted by molar-refractivity contribution is 5.90. The smallest absolute Gasteiger partial charge is 0.305 e. The lowest BCUT2D eigenvalue weighted by Gasteiger charge is -2.00. The number of nitrogens with one attached hydrogen (secondary N) is 1. The van der Waals surface area contributed by atoms with Gasteiger partial charge >= 0.3 is 6.03 Å². The Kier molecular flexibility index (Phi) is 4.08. The minimum absolute atomic E-state index is 0.517. The van der Waals surface area contributed by atoms with Crippen LogP contribution in [0.1, 0.15) is 12.5 Å². The molecule has 0 aliphatic rings. The Morgan fingerprint density at radius 1 is 1.25 bits per heavy atom. The summed E-state index contributed by atoms with van der Waals surface area (Å²) in [7, 11) is 0. The Hall–Kier alpha value is -2.30. The SMILES string of the molecule is C=Cc1ccc(NC(=O)N=NC(C)=O)cc1. The molecule has 0 unspecified atom stereocenters. The van der Waals surface area contributed by atoms with E-state index in [0.717, 1.165) is 5.56 Å². The number of amides is 3. The van der Waals surface area contributed by atoms with E-state index in [1.54, 1.807) is 30.3 Å². The number of rotatable bonds is 2. The molecule has 0 aromatic heterocycles. The van der Waals surface area contributed by atoms with Crippen molar-refractivity contribution >= 4 is 23.7 Å². The molecule has 1 aromatic carbocycles. The molecule has 0 aliphatic carbocycles. The molecule has 0 radical (unpaired) electrons. The van der Waals surface area contributed by atoms with Gasteiger partial charge in [-0.05, 0) is 17.7 Å². The molecule has 5 heteroatoms. The van der Waals surface area contributed by atoms with E-state index in [-0.39, 0.29) is 0 Å². The van der Waals surface area contributed by atoms with E-state index in [4.69, 9.17) is 0 Å². The molecule has 0 fully saturated rings. The van der Waals surface area contributed by atoms with Gasteiger partial charge in [0, 0.05) is 12.6 Å². The first-order valence-electron chi connectivity index (χ1n) is 4.57. The van der Waals surface area contributed by atoms with Crippen LogP contribution < -0.4 is 5.32 Å². The lowest BCUT2D eigenvalue weighted by Crippen LogP contribution is -2.05. The maximum absolute atomic E-state index is 11.1. The Labute approximate surface area is 92.9 Å². The van der Waals surface area contributed by atoms with Gasteiger partial charge in [0.25, 0.3) is 5.91 Å². The molecule has 1 N–H and O–H groups in total. The van der Waals surface area contributed by atoms with Gasteiger partial charge in [-0.2, -0.15) is 0 Å². The van der Waals surface area contributed by atoms with Crippen LogP contribution in [0.15, 0.2) is 41.1 Å². The number of carbonyl (C=O) groups excluding carboxylic acids is 2. The summed E-state index contributed by atoms with van der Waals surface area (Å²) in [5, 5.41) is 8.74. The molecule has 0 saturated carbocycles. The number of nitrogens with zero attached hydrogens (tertiary/aromatic N) is 2. The molecule has 82 valence electrons. The fourth-order valence-electron chi connectivity index (χ4n) is 0.967. The van der Waals surface area contributed by atoms with Crippen molar-refractivity contribution in [1.29, 1.82) is 0 Å². The number of anilines is 1. The molecule has 0 heterocycles. The van der Waals surface area contributed by atoms with E-state index in [2.05, 4.69) is 22.1 Å². The second-order valence-corrected chi connectivity index (χ2v) is 2.98. The van der Waals surface area contributed by atoms with Gasteiger partial charge in [0.2, 0.25) is 0 Å². The van der Waals surface area contributed by atoms with Crippen molar-refractivity contribution in [3.8, 4) is 0 Å². The number of benzene rings is 1. The van der Waals surface area contributed by atoms with Crippen LogP contribution in [0.25, 0.3) is 6.08 Å². The number of urea groups is 1. The molecule has 0 saturated heterocycles. The Morgan fingerprint density at radius 3 is 2.38 bits per heavy atom. The molecule has 0 atom stereocenters. The molecule has 0 bridgehead atoms. The summed E-state index contributed by atoms with van der Waals surface area (Å²) in [5.74, 6) is -0.517. The second-order valence-electron chi connectivity index (χ2n) is 2.98. The van der Waals surface area contributed by atoms with Gasteiger partial charge in [-0.15, -0.1) is 5.11 Å². The van der Waals surface area contributed by atoms with Gasteiger partial charge in [-0.3, -0.25) is 4.79 Å². The van der Waals surface area contributed by atoms with E-state index in [0.29, 0.717) is 5.69 Å². The first-order valence-corrected chi connectivity index (χ1v) is 4.57. The summed E-state index contributed by atoms with van der Waals surface area (Å²) < 4.78 is 0. The van der Waals surface area contributed by atoms with Gasteiger partial charge in [-0.1, -0.05) is 29.9 Å². The Bertz CT molecular complexity index is 435. The molecule has 1 rings (SSSR count). The normalized spacial score (nSPS) is 10.1. The lowest BCUT2D eigenvalue weighted by molar-refractivity contribution is -0.116. The zero-order valence-corrected chi connectivity index (χ0v) is 8.80. The van der Waals surface area contributed by atoms with Crippen molar-refractivity contribution in [2.24, 2.45) is 10.2 Å². The lowest BCUT2D eigenvalue weighted by atomic mass is 10.2. The predicted octanol–water partition coefficient (Wildman–Crippen LogP) is 2.86. The average Bonchev–Trinajstić information content (AvgIpc) is 2.27. The van der Waals surface area contributed by atoms with Gasteiger partial charge in [0.15, 0.2) is 0 Å². The third kappa shape index (κ3) is 3.83. The van der Waals surface area contributed by atoms with Crippen LogP contribution in [0.3, 0.4) is 0 Å². The van der Waals surface area contributed by atoms with E-state index >= 15 is 0 Å². The summed E-state index contributed by atoms with van der Waals surface area (Å²) in [6.45, 7) is 4.83. The number of azo groups is 1. The summed E-state index contributed by atoms with van der Waals surface area (Å²) >= 11 is 0. The fourth-order valence-corrected chi connectivity index (χ4v) is 0.967. The van der Waals surface area contributed by atoms with Crippen molar-refractivity contribution in [1.82, 2.24) is 0 Å². The summed E-state index contributed by atoms with van der Waals surface area (Å²) in [6, 6.07) is 6.33. The zero-order valence-electron chi connectivity index (χ0n) is 8.80. The van der Waals surface area contributed by atoms with Crippen LogP contribution >= 0.6 is 0 Å². The monoisotopic (exact) mass is 217 g/mol. The van der Waals surface area contributed by atoms with Crippen molar-refractivity contribution < 1.29 is 9.59 Å². The van der Waals surface area contributed by atoms with Crippen LogP contribution in [-0.4, -0.2) is 11.9 Å². The predicted molar refractivity (Wildman–Crippen MR) is 61.1 cm³/mol.